The molecule has 2 heterocycles. The maximum absolute atomic E-state index is 6.35. The molecule has 22 heavy (non-hydrogen) atoms. The van der Waals surface area contributed by atoms with Crippen molar-refractivity contribution in [2.45, 2.75) is 13.5 Å². The van der Waals surface area contributed by atoms with Crippen LogP contribution in [-0.4, -0.2) is 14.8 Å². The second kappa shape index (κ2) is 6.20. The lowest BCUT2D eigenvalue weighted by atomic mass is 10.1. The number of nitrogens with zero attached hydrogens (tertiary/aromatic N) is 3. The Morgan fingerprint density at radius 2 is 1.95 bits per heavy atom. The van der Waals surface area contributed by atoms with Gasteiger partial charge in [0.25, 0.3) is 0 Å². The van der Waals surface area contributed by atoms with E-state index >= 15 is 0 Å². The predicted octanol–water partition coefficient (Wildman–Crippen LogP) is 4.02. The number of halogens is 1. The van der Waals surface area contributed by atoms with Crippen molar-refractivity contribution in [1.82, 2.24) is 14.8 Å². The smallest absolute Gasteiger partial charge is 0.142 e. The second-order valence-electron chi connectivity index (χ2n) is 5.04. The monoisotopic (exact) mass is 313 g/mol. The van der Waals surface area contributed by atoms with Crippen LogP contribution in [-0.2, 0) is 13.7 Å². The number of rotatable bonds is 4. The van der Waals surface area contributed by atoms with E-state index in [0.29, 0.717) is 17.5 Å². The molecule has 0 atom stereocenters. The first-order valence-electron chi connectivity index (χ1n) is 6.97. The molecular weight excluding hydrogens is 298 g/mol. The Balaban J connectivity index is 1.98. The molecule has 4 nitrogen and oxygen atoms in total. The molecule has 0 saturated carbocycles. The van der Waals surface area contributed by atoms with Crippen molar-refractivity contribution in [1.29, 1.82) is 0 Å². The Kier molecular flexibility index (Phi) is 4.11. The number of benzene rings is 1. The van der Waals surface area contributed by atoms with Crippen molar-refractivity contribution in [3.8, 4) is 17.0 Å². The highest BCUT2D eigenvalue weighted by Gasteiger charge is 2.16. The molecule has 0 aliphatic heterocycles. The van der Waals surface area contributed by atoms with Gasteiger partial charge in [0.15, 0.2) is 0 Å². The number of aryl methyl sites for hydroxylation is 2. The van der Waals surface area contributed by atoms with Gasteiger partial charge < -0.3 is 4.74 Å². The van der Waals surface area contributed by atoms with Crippen molar-refractivity contribution in [2.75, 3.05) is 0 Å². The Bertz CT molecular complexity index is 784. The van der Waals surface area contributed by atoms with Crippen LogP contribution in [0.25, 0.3) is 11.3 Å². The van der Waals surface area contributed by atoms with Gasteiger partial charge in [0.2, 0.25) is 0 Å². The third-order valence-corrected chi connectivity index (χ3v) is 3.65. The van der Waals surface area contributed by atoms with Crippen molar-refractivity contribution in [3.63, 3.8) is 0 Å². The fourth-order valence-corrected chi connectivity index (χ4v) is 2.63. The van der Waals surface area contributed by atoms with Crippen LogP contribution in [0.4, 0.5) is 0 Å². The highest BCUT2D eigenvalue weighted by molar-refractivity contribution is 6.32. The minimum Gasteiger partial charge on any atom is -0.488 e. The average Bonchev–Trinajstić information content (AvgIpc) is 2.91. The molecule has 112 valence electrons. The molecule has 0 saturated heterocycles. The summed E-state index contributed by atoms with van der Waals surface area (Å²) in [6.45, 7) is 2.37. The summed E-state index contributed by atoms with van der Waals surface area (Å²) >= 11 is 6.35. The zero-order valence-corrected chi connectivity index (χ0v) is 13.2. The molecule has 0 N–H and O–H groups in total. The first-order valence-corrected chi connectivity index (χ1v) is 7.35. The van der Waals surface area contributed by atoms with E-state index in [0.717, 1.165) is 22.5 Å². The SMILES string of the molecule is Cc1cc(OCc2ccccc2)c(-c2ccnn2C)c(Cl)n1. The summed E-state index contributed by atoms with van der Waals surface area (Å²) in [7, 11) is 1.87. The summed E-state index contributed by atoms with van der Waals surface area (Å²) < 4.78 is 7.76. The molecule has 0 spiro atoms. The van der Waals surface area contributed by atoms with Crippen LogP contribution < -0.4 is 4.74 Å². The molecule has 0 aliphatic carbocycles. The summed E-state index contributed by atoms with van der Waals surface area (Å²) in [4.78, 5) is 4.33. The van der Waals surface area contributed by atoms with Gasteiger partial charge in [-0.3, -0.25) is 4.68 Å². The molecule has 2 aromatic heterocycles. The van der Waals surface area contributed by atoms with E-state index in [4.69, 9.17) is 16.3 Å². The molecular formula is C17H16ClN3O. The minimum atomic E-state index is 0.423. The number of hydrogen-bond donors (Lipinski definition) is 0. The summed E-state index contributed by atoms with van der Waals surface area (Å²) in [5.41, 5.74) is 3.56. The lowest BCUT2D eigenvalue weighted by Gasteiger charge is -2.14. The molecule has 0 fully saturated rings. The van der Waals surface area contributed by atoms with Gasteiger partial charge in [0.1, 0.15) is 17.5 Å². The second-order valence-corrected chi connectivity index (χ2v) is 5.40. The van der Waals surface area contributed by atoms with E-state index in [1.165, 1.54) is 0 Å². The van der Waals surface area contributed by atoms with Gasteiger partial charge >= 0.3 is 0 Å². The minimum absolute atomic E-state index is 0.423. The van der Waals surface area contributed by atoms with Gasteiger partial charge in [-0.25, -0.2) is 4.98 Å². The lowest BCUT2D eigenvalue weighted by molar-refractivity contribution is 0.307. The quantitative estimate of drug-likeness (QED) is 0.683. The maximum atomic E-state index is 6.35. The normalized spacial score (nSPS) is 10.7. The van der Waals surface area contributed by atoms with Crippen molar-refractivity contribution < 1.29 is 4.74 Å². The molecule has 0 unspecified atom stereocenters. The van der Waals surface area contributed by atoms with E-state index in [9.17, 15) is 0 Å². The van der Waals surface area contributed by atoms with Crippen molar-refractivity contribution in [3.05, 3.63) is 65.1 Å². The first-order chi connectivity index (χ1) is 10.6. The first kappa shape index (κ1) is 14.6. The lowest BCUT2D eigenvalue weighted by Crippen LogP contribution is -2.02. The van der Waals surface area contributed by atoms with Crippen LogP contribution in [0.3, 0.4) is 0 Å². The van der Waals surface area contributed by atoms with Gasteiger partial charge in [-0.15, -0.1) is 0 Å². The Morgan fingerprint density at radius 1 is 1.18 bits per heavy atom. The van der Waals surface area contributed by atoms with Gasteiger partial charge in [-0.05, 0) is 18.6 Å². The summed E-state index contributed by atoms with van der Waals surface area (Å²) in [6.07, 6.45) is 1.73. The Morgan fingerprint density at radius 3 is 2.64 bits per heavy atom. The molecule has 3 aromatic rings. The van der Waals surface area contributed by atoms with E-state index < -0.39 is 0 Å². The Hall–Kier alpha value is -2.33. The largest absolute Gasteiger partial charge is 0.488 e. The number of ether oxygens (including phenoxy) is 1. The van der Waals surface area contributed by atoms with E-state index in [2.05, 4.69) is 10.1 Å². The standard InChI is InChI=1S/C17H16ClN3O/c1-12-10-15(22-11-13-6-4-3-5-7-13)16(17(18)20-12)14-8-9-19-21(14)2/h3-10H,11H2,1-2H3. The topological polar surface area (TPSA) is 39.9 Å². The summed E-state index contributed by atoms with van der Waals surface area (Å²) in [5.74, 6) is 0.713. The molecule has 3 rings (SSSR count). The number of aromatic nitrogens is 3. The Labute approximate surface area is 134 Å². The average molecular weight is 314 g/mol. The highest BCUT2D eigenvalue weighted by atomic mass is 35.5. The van der Waals surface area contributed by atoms with Crippen molar-refractivity contribution in [2.24, 2.45) is 7.05 Å². The maximum Gasteiger partial charge on any atom is 0.142 e. The molecule has 0 radical (unpaired) electrons. The zero-order valence-electron chi connectivity index (χ0n) is 12.5. The fourth-order valence-electron chi connectivity index (χ4n) is 2.31. The van der Waals surface area contributed by atoms with Crippen LogP contribution in [0, 0.1) is 6.92 Å². The van der Waals surface area contributed by atoms with Crippen LogP contribution in [0.1, 0.15) is 11.3 Å². The predicted molar refractivity (Wildman–Crippen MR) is 87.0 cm³/mol. The van der Waals surface area contributed by atoms with Gasteiger partial charge in [0.05, 0.1) is 11.3 Å². The van der Waals surface area contributed by atoms with Crippen LogP contribution in [0.15, 0.2) is 48.7 Å². The zero-order chi connectivity index (χ0) is 15.5. The van der Waals surface area contributed by atoms with Crippen LogP contribution in [0.5, 0.6) is 5.75 Å². The highest BCUT2D eigenvalue weighted by Crippen LogP contribution is 2.36. The van der Waals surface area contributed by atoms with E-state index in [-0.39, 0.29) is 0 Å². The summed E-state index contributed by atoms with van der Waals surface area (Å²) in [5, 5.41) is 4.61. The van der Waals surface area contributed by atoms with E-state index in [1.807, 2.05) is 56.4 Å². The third-order valence-electron chi connectivity index (χ3n) is 3.38. The van der Waals surface area contributed by atoms with Crippen LogP contribution in [0.2, 0.25) is 5.15 Å². The van der Waals surface area contributed by atoms with Gasteiger partial charge in [-0.1, -0.05) is 41.9 Å². The number of hydrogen-bond acceptors (Lipinski definition) is 3. The summed E-state index contributed by atoms with van der Waals surface area (Å²) in [6, 6.07) is 13.8. The number of pyridine rings is 1. The third kappa shape index (κ3) is 2.97. The van der Waals surface area contributed by atoms with E-state index in [1.54, 1.807) is 10.9 Å². The molecule has 0 amide bonds. The van der Waals surface area contributed by atoms with Crippen molar-refractivity contribution >= 4 is 11.6 Å². The molecule has 0 aliphatic rings. The molecule has 1 aromatic carbocycles. The molecule has 5 heteroatoms. The van der Waals surface area contributed by atoms with Crippen LogP contribution >= 0.6 is 11.6 Å². The van der Waals surface area contributed by atoms with Gasteiger partial charge in [-0.2, -0.15) is 5.10 Å². The van der Waals surface area contributed by atoms with Gasteiger partial charge in [0, 0.05) is 25.0 Å². The fraction of sp³-hybridized carbons (Fsp3) is 0.176. The molecule has 0 bridgehead atoms.